The van der Waals surface area contributed by atoms with E-state index in [-0.39, 0.29) is 0 Å². The monoisotopic (exact) mass is 122 g/mol. The van der Waals surface area contributed by atoms with Crippen molar-refractivity contribution in [3.63, 3.8) is 0 Å². The van der Waals surface area contributed by atoms with E-state index in [2.05, 4.69) is 41.4 Å². The van der Waals surface area contributed by atoms with E-state index in [1.165, 1.54) is 0 Å². The molecule has 0 bridgehead atoms. The molecular weight excluding hydrogens is 120 g/mol. The minimum absolute atomic E-state index is 1.85. The Balaban J connectivity index is 4.04. The summed E-state index contributed by atoms with van der Waals surface area (Å²) in [5, 5.41) is 0. The van der Waals surface area contributed by atoms with Gasteiger partial charge in [0.25, 0.3) is 0 Å². The number of hydrogen-bond donors (Lipinski definition) is 0. The van der Waals surface area contributed by atoms with Gasteiger partial charge in [-0.25, -0.2) is 0 Å². The van der Waals surface area contributed by atoms with Crippen molar-refractivity contribution in [2.75, 3.05) is 0 Å². The molecule has 0 rings (SSSR count). The molecule has 0 atom stereocenters. The molecule has 0 saturated carbocycles. The van der Waals surface area contributed by atoms with Crippen LogP contribution in [0.4, 0.5) is 0 Å². The number of terminal acetylenes is 1. The van der Waals surface area contributed by atoms with E-state index in [0.717, 1.165) is 0 Å². The van der Waals surface area contributed by atoms with Gasteiger partial charge in [0.15, 0.2) is 0 Å². The van der Waals surface area contributed by atoms with Gasteiger partial charge in [-0.05, 0) is 47.4 Å². The van der Waals surface area contributed by atoms with Gasteiger partial charge in [-0.2, -0.15) is 0 Å². The Morgan fingerprint density at radius 2 is 1.60 bits per heavy atom. The third-order valence-corrected chi connectivity index (χ3v) is 0.438. The van der Waals surface area contributed by atoms with E-state index in [1.54, 1.807) is 0 Å². The van der Waals surface area contributed by atoms with Gasteiger partial charge in [0.2, 0.25) is 0 Å². The van der Waals surface area contributed by atoms with Crippen molar-refractivity contribution in [1.29, 1.82) is 0 Å². The number of hydrogen-bond acceptors (Lipinski definition) is 0. The van der Waals surface area contributed by atoms with Gasteiger partial charge >= 0.3 is 0 Å². The maximum Gasteiger partial charge on any atom is 0.125 e. The maximum atomic E-state index is 6.37. The van der Waals surface area contributed by atoms with Gasteiger partial charge in [-0.1, -0.05) is 0 Å². The summed E-state index contributed by atoms with van der Waals surface area (Å²) in [4.78, 5) is 0. The van der Waals surface area contributed by atoms with Gasteiger partial charge in [0, 0.05) is 6.42 Å². The largest absolute Gasteiger partial charge is 0.125 e. The Morgan fingerprint density at radius 1 is 1.00 bits per heavy atom. The minimum atomic E-state index is 1.85. The second-order valence-corrected chi connectivity index (χ2v) is 1.00. The first-order valence-corrected chi connectivity index (χ1v) is 2.25. The Bertz CT molecular complexity index is 391. The van der Waals surface area contributed by atoms with Crippen molar-refractivity contribution < 1.29 is 1.37 Å². The lowest BCUT2D eigenvalue weighted by Gasteiger charge is -1.52. The van der Waals surface area contributed by atoms with Crippen LogP contribution in [-0.4, -0.2) is 0 Å². The summed E-state index contributed by atoms with van der Waals surface area (Å²) in [5.41, 5.74) is 0. The smallest absolute Gasteiger partial charge is 0.106 e. The zero-order valence-electron chi connectivity index (χ0n) is 6.00. The van der Waals surface area contributed by atoms with Crippen LogP contribution in [0.5, 0.6) is 0 Å². The van der Waals surface area contributed by atoms with Crippen LogP contribution in [-0.2, 0) is 0 Å². The number of rotatable bonds is 0. The van der Waals surface area contributed by atoms with Crippen LogP contribution in [0.25, 0.3) is 0 Å². The summed E-state index contributed by atoms with van der Waals surface area (Å²) < 4.78 is 6.37. The molecule has 0 spiro atoms. The predicted octanol–water partition coefficient (Wildman–Crippen LogP) is 0.220. The third-order valence-electron chi connectivity index (χ3n) is 0.438. The molecule has 0 aromatic heterocycles. The van der Waals surface area contributed by atoms with E-state index < -0.39 is 0 Å². The highest BCUT2D eigenvalue weighted by molar-refractivity contribution is 5.41. The highest BCUT2D eigenvalue weighted by Crippen LogP contribution is 1.52. The molecule has 0 unspecified atom stereocenters. The van der Waals surface area contributed by atoms with Gasteiger partial charge in [-0.15, -0.1) is 6.40 Å². The second-order valence-electron chi connectivity index (χ2n) is 1.00. The van der Waals surface area contributed by atoms with Crippen molar-refractivity contribution in [3.8, 4) is 53.8 Å². The SMILES string of the molecule is [2H]C#CC#CC#CC#CC#[C]. The molecule has 1 radical (unpaired) electrons. The van der Waals surface area contributed by atoms with Crippen LogP contribution in [0.2, 0.25) is 0 Å². The lowest BCUT2D eigenvalue weighted by Crippen LogP contribution is -1.51. The summed E-state index contributed by atoms with van der Waals surface area (Å²) in [7, 11) is 0. The van der Waals surface area contributed by atoms with Crippen molar-refractivity contribution in [2.24, 2.45) is 0 Å². The van der Waals surface area contributed by atoms with Crippen LogP contribution in [0.3, 0.4) is 0 Å². The second kappa shape index (κ2) is 6.80. The summed E-state index contributed by atoms with van der Waals surface area (Å²) in [5.74, 6) is 17.9. The van der Waals surface area contributed by atoms with Crippen molar-refractivity contribution >= 4 is 0 Å². The van der Waals surface area contributed by atoms with Crippen LogP contribution in [0, 0.1) is 60.2 Å². The minimum Gasteiger partial charge on any atom is -0.106 e. The molecule has 0 aliphatic heterocycles. The van der Waals surface area contributed by atoms with E-state index in [4.69, 9.17) is 7.79 Å². The lowest BCUT2D eigenvalue weighted by molar-refractivity contribution is 2.36. The molecule has 0 heterocycles. The average molecular weight is 122 g/mol. The van der Waals surface area contributed by atoms with Crippen LogP contribution >= 0.6 is 0 Å². The molecule has 0 aromatic carbocycles. The molecule has 0 aliphatic rings. The summed E-state index contributed by atoms with van der Waals surface area (Å²) >= 11 is 0. The van der Waals surface area contributed by atoms with Gasteiger partial charge in [0.1, 0.15) is 1.37 Å². The Morgan fingerprint density at radius 3 is 2.20 bits per heavy atom. The van der Waals surface area contributed by atoms with E-state index >= 15 is 0 Å². The topological polar surface area (TPSA) is 0 Å². The molecule has 0 nitrogen and oxygen atoms in total. The fourth-order valence-electron chi connectivity index (χ4n) is 0.188. The van der Waals surface area contributed by atoms with Crippen LogP contribution in [0.15, 0.2) is 0 Å². The molecule has 0 N–H and O–H groups in total. The molecule has 0 amide bonds. The molecular formula is C10H. The first-order valence-electron chi connectivity index (χ1n) is 2.75. The fourth-order valence-corrected chi connectivity index (χ4v) is 0.188. The summed E-state index contributed by atoms with van der Waals surface area (Å²) in [6.07, 6.45) is 8.22. The highest BCUT2D eigenvalue weighted by atomic mass is 13.5. The molecule has 0 aliphatic carbocycles. The standard InChI is InChI=1S/C10H/c1-3-5-7-9-10-8-6-4-2/h1H/i1D. The van der Waals surface area contributed by atoms with Gasteiger partial charge in [-0.3, -0.25) is 0 Å². The lowest BCUT2D eigenvalue weighted by atomic mass is 10.5. The van der Waals surface area contributed by atoms with Crippen LogP contribution < -0.4 is 0 Å². The zero-order valence-corrected chi connectivity index (χ0v) is 5.00. The summed E-state index contributed by atoms with van der Waals surface area (Å²) in [6.45, 7) is 0. The molecule has 0 heteroatoms. The molecule has 41 valence electrons. The quantitative estimate of drug-likeness (QED) is 0.403. The van der Waals surface area contributed by atoms with Crippen molar-refractivity contribution in [1.82, 2.24) is 0 Å². The normalized spacial score (nSPS) is 4.10. The van der Waals surface area contributed by atoms with Crippen LogP contribution in [0.1, 0.15) is 1.37 Å². The van der Waals surface area contributed by atoms with Gasteiger partial charge < -0.3 is 0 Å². The van der Waals surface area contributed by atoms with Gasteiger partial charge in [0.05, 0.1) is 0 Å². The summed E-state index contributed by atoms with van der Waals surface area (Å²) in [6, 6.07) is 0. The molecule has 10 heavy (non-hydrogen) atoms. The Kier molecular flexibility index (Phi) is 4.03. The predicted molar refractivity (Wildman–Crippen MR) is 39.3 cm³/mol. The fraction of sp³-hybridized carbons (Fsp3) is 0. The zero-order chi connectivity index (χ0) is 8.36. The average Bonchev–Trinajstić information content (AvgIpc) is 2.03. The highest BCUT2D eigenvalue weighted by Gasteiger charge is 1.52. The Hall–Kier alpha value is -2.20. The first-order chi connectivity index (χ1) is 5.41. The molecule has 0 aromatic rings. The van der Waals surface area contributed by atoms with E-state index in [0.29, 0.717) is 0 Å². The third kappa shape index (κ3) is 5.80. The first kappa shape index (κ1) is 5.93. The maximum absolute atomic E-state index is 6.37. The van der Waals surface area contributed by atoms with Crippen molar-refractivity contribution in [2.45, 2.75) is 0 Å². The van der Waals surface area contributed by atoms with E-state index in [9.17, 15) is 0 Å². The Labute approximate surface area is 62.4 Å². The molecule has 0 saturated heterocycles. The van der Waals surface area contributed by atoms with E-state index in [1.807, 2.05) is 12.3 Å². The van der Waals surface area contributed by atoms with Crippen molar-refractivity contribution in [3.05, 3.63) is 6.42 Å². The molecule has 0 fully saturated rings.